The number of carbonyl (C=O) groups excluding carboxylic acids is 3. The topological polar surface area (TPSA) is 93.7 Å². The summed E-state index contributed by atoms with van der Waals surface area (Å²) in [4.78, 5) is 37.3. The zero-order valence-electron chi connectivity index (χ0n) is 17.1. The molecule has 2 aromatic rings. The van der Waals surface area contributed by atoms with E-state index >= 15 is 0 Å². The highest BCUT2D eigenvalue weighted by molar-refractivity contribution is 8.00. The fraction of sp³-hybridized carbons (Fsp3) is 0.318. The van der Waals surface area contributed by atoms with Crippen molar-refractivity contribution in [2.24, 2.45) is 0 Å². The van der Waals surface area contributed by atoms with Gasteiger partial charge in [0.25, 0.3) is 5.91 Å². The highest BCUT2D eigenvalue weighted by atomic mass is 35.5. The van der Waals surface area contributed by atoms with Gasteiger partial charge >= 0.3 is 5.97 Å². The molecule has 0 spiro atoms. The van der Waals surface area contributed by atoms with Gasteiger partial charge in [0, 0.05) is 33.8 Å². The number of hydrogen-bond donors (Lipinski definition) is 2. The van der Waals surface area contributed by atoms with Crippen molar-refractivity contribution in [2.75, 3.05) is 30.8 Å². The normalized spacial score (nSPS) is 15.2. The molecule has 2 aromatic carbocycles. The van der Waals surface area contributed by atoms with Crippen molar-refractivity contribution in [3.05, 3.63) is 58.1 Å². The predicted octanol–water partition coefficient (Wildman–Crippen LogP) is 4.18. The van der Waals surface area contributed by atoms with Crippen molar-refractivity contribution >= 4 is 58.4 Å². The van der Waals surface area contributed by atoms with Crippen LogP contribution in [0.4, 0.5) is 5.69 Å². The van der Waals surface area contributed by atoms with Crippen LogP contribution in [0.3, 0.4) is 0 Å². The van der Waals surface area contributed by atoms with Gasteiger partial charge in [-0.25, -0.2) is 4.79 Å². The Morgan fingerprint density at radius 3 is 2.56 bits per heavy atom. The SMILES string of the molecule is O=C(COC(=O)c1ccccc1SCC(=O)Nc1cc(Cl)cc(Cl)c1)NCC1CCCO1. The van der Waals surface area contributed by atoms with Crippen molar-refractivity contribution in [3.8, 4) is 0 Å². The number of esters is 1. The van der Waals surface area contributed by atoms with Gasteiger partial charge in [0.1, 0.15) is 0 Å². The van der Waals surface area contributed by atoms with Gasteiger partial charge in [0.15, 0.2) is 6.61 Å². The smallest absolute Gasteiger partial charge is 0.339 e. The third-order valence-corrected chi connectivity index (χ3v) is 6.01. The van der Waals surface area contributed by atoms with Crippen LogP contribution in [-0.4, -0.2) is 49.4 Å². The van der Waals surface area contributed by atoms with Crippen LogP contribution in [0, 0.1) is 0 Å². The van der Waals surface area contributed by atoms with Gasteiger partial charge in [-0.3, -0.25) is 9.59 Å². The van der Waals surface area contributed by atoms with Gasteiger partial charge < -0.3 is 20.1 Å². The Morgan fingerprint density at radius 1 is 1.09 bits per heavy atom. The minimum Gasteiger partial charge on any atom is -0.452 e. The number of halogens is 2. The van der Waals surface area contributed by atoms with Crippen LogP contribution in [0.1, 0.15) is 23.2 Å². The zero-order valence-corrected chi connectivity index (χ0v) is 19.4. The number of thioether (sulfide) groups is 1. The second-order valence-electron chi connectivity index (χ2n) is 7.01. The number of amides is 2. The van der Waals surface area contributed by atoms with Crippen molar-refractivity contribution in [2.45, 2.75) is 23.8 Å². The fourth-order valence-corrected chi connectivity index (χ4v) is 4.39. The summed E-state index contributed by atoms with van der Waals surface area (Å²) >= 11 is 13.1. The number of ether oxygens (including phenoxy) is 2. The molecule has 1 atom stereocenters. The predicted molar refractivity (Wildman–Crippen MR) is 125 cm³/mol. The Kier molecular flexibility index (Phi) is 9.23. The lowest BCUT2D eigenvalue weighted by Crippen LogP contribution is -2.34. The third-order valence-electron chi connectivity index (χ3n) is 4.50. The molecule has 1 fully saturated rings. The van der Waals surface area contributed by atoms with Crippen LogP contribution in [0.25, 0.3) is 0 Å². The van der Waals surface area contributed by atoms with Crippen LogP contribution in [0.5, 0.6) is 0 Å². The molecule has 7 nitrogen and oxygen atoms in total. The first-order chi connectivity index (χ1) is 15.4. The first kappa shape index (κ1) is 24.4. The van der Waals surface area contributed by atoms with E-state index in [4.69, 9.17) is 32.7 Å². The van der Waals surface area contributed by atoms with Gasteiger partial charge in [-0.05, 0) is 43.2 Å². The zero-order chi connectivity index (χ0) is 22.9. The quantitative estimate of drug-likeness (QED) is 0.399. The number of nitrogens with one attached hydrogen (secondary N) is 2. The summed E-state index contributed by atoms with van der Waals surface area (Å²) in [6, 6.07) is 11.5. The molecule has 0 saturated carbocycles. The first-order valence-corrected chi connectivity index (χ1v) is 11.7. The molecule has 0 radical (unpaired) electrons. The molecule has 1 heterocycles. The minimum absolute atomic E-state index is 0.0147. The lowest BCUT2D eigenvalue weighted by atomic mass is 10.2. The molecule has 1 aliphatic heterocycles. The Balaban J connectivity index is 1.49. The number of rotatable bonds is 9. The third kappa shape index (κ3) is 7.70. The summed E-state index contributed by atoms with van der Waals surface area (Å²) in [7, 11) is 0. The molecule has 10 heteroatoms. The van der Waals surface area contributed by atoms with E-state index in [1.807, 2.05) is 0 Å². The number of anilines is 1. The van der Waals surface area contributed by atoms with Crippen molar-refractivity contribution in [1.82, 2.24) is 5.32 Å². The molecule has 2 amide bonds. The second kappa shape index (κ2) is 12.1. The fourth-order valence-electron chi connectivity index (χ4n) is 3.02. The lowest BCUT2D eigenvalue weighted by molar-refractivity contribution is -0.124. The van der Waals surface area contributed by atoms with Crippen molar-refractivity contribution in [1.29, 1.82) is 0 Å². The maximum absolute atomic E-state index is 12.5. The monoisotopic (exact) mass is 496 g/mol. The summed E-state index contributed by atoms with van der Waals surface area (Å²) in [6.45, 7) is 0.713. The molecule has 1 saturated heterocycles. The van der Waals surface area contributed by atoms with E-state index in [1.54, 1.807) is 42.5 Å². The molecule has 2 N–H and O–H groups in total. The van der Waals surface area contributed by atoms with E-state index in [0.717, 1.165) is 12.8 Å². The largest absolute Gasteiger partial charge is 0.452 e. The molecule has 170 valence electrons. The van der Waals surface area contributed by atoms with Crippen LogP contribution in [-0.2, 0) is 19.1 Å². The molecule has 0 aromatic heterocycles. The standard InChI is InChI=1S/C22H22Cl2N2O5S/c23-14-8-15(24)10-16(9-14)26-21(28)13-32-19-6-2-1-5-18(19)22(29)31-12-20(27)25-11-17-4-3-7-30-17/h1-2,5-6,8-10,17H,3-4,7,11-13H2,(H,25,27)(H,26,28). The van der Waals surface area contributed by atoms with E-state index in [0.29, 0.717) is 33.8 Å². The molecular weight excluding hydrogens is 475 g/mol. The lowest BCUT2D eigenvalue weighted by Gasteiger charge is -2.12. The van der Waals surface area contributed by atoms with E-state index < -0.39 is 11.9 Å². The summed E-state index contributed by atoms with van der Waals surface area (Å²) in [5.74, 6) is -1.26. The highest BCUT2D eigenvalue weighted by Gasteiger charge is 2.18. The summed E-state index contributed by atoms with van der Waals surface area (Å²) < 4.78 is 10.6. The average Bonchev–Trinajstić information content (AvgIpc) is 3.28. The van der Waals surface area contributed by atoms with Crippen LogP contribution in [0.2, 0.25) is 10.0 Å². The summed E-state index contributed by atoms with van der Waals surface area (Å²) in [5, 5.41) is 6.23. The van der Waals surface area contributed by atoms with Crippen LogP contribution in [0.15, 0.2) is 47.4 Å². The van der Waals surface area contributed by atoms with Gasteiger partial charge in [0.2, 0.25) is 5.91 Å². The second-order valence-corrected chi connectivity index (χ2v) is 8.90. The van der Waals surface area contributed by atoms with Gasteiger partial charge in [-0.1, -0.05) is 35.3 Å². The van der Waals surface area contributed by atoms with E-state index in [2.05, 4.69) is 10.6 Å². The average molecular weight is 497 g/mol. The van der Waals surface area contributed by atoms with Crippen molar-refractivity contribution in [3.63, 3.8) is 0 Å². The van der Waals surface area contributed by atoms with Crippen LogP contribution < -0.4 is 10.6 Å². The molecular formula is C22H22Cl2N2O5S. The highest BCUT2D eigenvalue weighted by Crippen LogP contribution is 2.25. The maximum atomic E-state index is 12.5. The number of hydrogen-bond acceptors (Lipinski definition) is 6. The molecule has 0 aliphatic carbocycles. The summed E-state index contributed by atoms with van der Waals surface area (Å²) in [6.07, 6.45) is 1.90. The number of benzene rings is 2. The minimum atomic E-state index is -0.637. The van der Waals surface area contributed by atoms with E-state index in [-0.39, 0.29) is 29.9 Å². The Labute approximate surface area is 200 Å². The Hall–Kier alpha value is -2.26. The van der Waals surface area contributed by atoms with Gasteiger partial charge in [-0.15, -0.1) is 11.8 Å². The summed E-state index contributed by atoms with van der Waals surface area (Å²) in [5.41, 5.74) is 0.762. The molecule has 1 aliphatic rings. The van der Waals surface area contributed by atoms with Crippen LogP contribution >= 0.6 is 35.0 Å². The molecule has 3 rings (SSSR count). The van der Waals surface area contributed by atoms with E-state index in [1.165, 1.54) is 11.8 Å². The van der Waals surface area contributed by atoms with E-state index in [9.17, 15) is 14.4 Å². The number of carbonyl (C=O) groups is 3. The van der Waals surface area contributed by atoms with Crippen molar-refractivity contribution < 1.29 is 23.9 Å². The van der Waals surface area contributed by atoms with Gasteiger partial charge in [0.05, 0.1) is 17.4 Å². The Morgan fingerprint density at radius 2 is 1.84 bits per heavy atom. The Bertz CT molecular complexity index is 962. The van der Waals surface area contributed by atoms with Gasteiger partial charge in [-0.2, -0.15) is 0 Å². The maximum Gasteiger partial charge on any atom is 0.339 e. The molecule has 32 heavy (non-hydrogen) atoms. The first-order valence-electron chi connectivity index (χ1n) is 9.94. The molecule has 1 unspecified atom stereocenters. The molecule has 0 bridgehead atoms.